The Morgan fingerprint density at radius 3 is 0.804 bits per heavy atom. The molecule has 0 aliphatic rings. The molecule has 112 heavy (non-hydrogen) atoms. The van der Waals surface area contributed by atoms with Crippen LogP contribution in [0.15, 0.2) is 146 Å². The van der Waals surface area contributed by atoms with Crippen LogP contribution in [0.5, 0.6) is 0 Å². The van der Waals surface area contributed by atoms with Gasteiger partial charge in [0.1, 0.15) is 0 Å². The average molecular weight is 1610 g/mol. The maximum atomic E-state index is 12.2. The quantitative estimate of drug-likeness (QED) is 0.0195. The number of halogens is 3. The zero-order valence-electron chi connectivity index (χ0n) is 66.1. The number of nitrogens with zero attached hydrogens (tertiary/aromatic N) is 6. The number of aliphatic carboxylic acids is 6. The molecule has 0 fully saturated rings. The SMILES string of the molecule is CCN(C(=O)CCCC(=O)O)c1ccc(Cl)cc1.CCN(C(=O)CCCCC(=O)O)c1ccccc1C.CN(C(=O)CCCCC(=O)O)c1ccc(Cl)cc1.CN(C(=O)CCCCCC(=O)O)c1ccc(Cl)cc1.Cc1ccc(N(C)C(=O)CCCCCC(=O)O)cc1.Cc1ccccc1N(C)C(=O)CCCCCC(=O)O. The van der Waals surface area contributed by atoms with E-state index in [4.69, 9.17) is 65.4 Å². The minimum absolute atomic E-state index is 0.0178. The average Bonchev–Trinajstić information content (AvgIpc) is 0.963. The molecule has 0 saturated carbocycles. The number of amides is 6. The van der Waals surface area contributed by atoms with Crippen LogP contribution in [0.3, 0.4) is 0 Å². The molecule has 6 amide bonds. The van der Waals surface area contributed by atoms with E-state index in [1.54, 1.807) is 130 Å². The zero-order chi connectivity index (χ0) is 84.1. The van der Waals surface area contributed by atoms with Gasteiger partial charge in [-0.25, -0.2) is 0 Å². The molecule has 612 valence electrons. The van der Waals surface area contributed by atoms with E-state index >= 15 is 0 Å². The summed E-state index contributed by atoms with van der Waals surface area (Å²) >= 11 is 17.3. The maximum Gasteiger partial charge on any atom is 0.303 e. The summed E-state index contributed by atoms with van der Waals surface area (Å²) < 4.78 is 0. The number of carboxylic acids is 6. The molecule has 24 nitrogen and oxygen atoms in total. The van der Waals surface area contributed by atoms with Crippen molar-refractivity contribution in [3.8, 4) is 0 Å². The van der Waals surface area contributed by atoms with E-state index in [1.807, 2.05) is 107 Å². The number of hydrogen-bond donors (Lipinski definition) is 6. The van der Waals surface area contributed by atoms with Gasteiger partial charge in [-0.1, -0.05) is 108 Å². The number of rotatable bonds is 40. The fraction of sp³-hybridized carbons (Fsp3) is 0.435. The third kappa shape index (κ3) is 44.6. The lowest BCUT2D eigenvalue weighted by Crippen LogP contribution is -2.30. The molecule has 0 heterocycles. The van der Waals surface area contributed by atoms with E-state index < -0.39 is 35.8 Å². The molecule has 0 aliphatic carbocycles. The largest absolute Gasteiger partial charge is 0.481 e. The highest BCUT2D eigenvalue weighted by atomic mass is 35.5. The van der Waals surface area contributed by atoms with Crippen LogP contribution in [0.4, 0.5) is 34.1 Å². The number of carbonyl (C=O) groups is 12. The van der Waals surface area contributed by atoms with E-state index in [0.29, 0.717) is 118 Å². The number of unbranched alkanes of at least 4 members (excludes halogenated alkanes) is 8. The lowest BCUT2D eigenvalue weighted by Gasteiger charge is -2.23. The van der Waals surface area contributed by atoms with Crippen LogP contribution in [0.1, 0.15) is 197 Å². The van der Waals surface area contributed by atoms with Gasteiger partial charge in [0.15, 0.2) is 0 Å². The minimum Gasteiger partial charge on any atom is -0.481 e. The van der Waals surface area contributed by atoms with E-state index in [1.165, 1.54) is 5.56 Å². The Labute approximate surface area is 674 Å². The van der Waals surface area contributed by atoms with Crippen molar-refractivity contribution in [2.24, 2.45) is 0 Å². The maximum absolute atomic E-state index is 12.2. The number of hydrogen-bond acceptors (Lipinski definition) is 12. The number of anilines is 6. The smallest absolute Gasteiger partial charge is 0.303 e. The number of para-hydroxylation sites is 2. The molecule has 0 unspecified atom stereocenters. The first-order chi connectivity index (χ1) is 53.1. The Balaban J connectivity index is 0.000000672. The summed E-state index contributed by atoms with van der Waals surface area (Å²) in [5.74, 6) is -4.71. The van der Waals surface area contributed by atoms with Crippen molar-refractivity contribution >= 4 is 140 Å². The predicted molar refractivity (Wildman–Crippen MR) is 443 cm³/mol. The van der Waals surface area contributed by atoms with Crippen LogP contribution < -0.4 is 29.4 Å². The van der Waals surface area contributed by atoms with Crippen LogP contribution in [0, 0.1) is 20.8 Å². The van der Waals surface area contributed by atoms with Crippen molar-refractivity contribution in [3.05, 3.63) is 177 Å². The van der Waals surface area contributed by atoms with Crippen LogP contribution in [0.25, 0.3) is 0 Å². The molecule has 6 N–H and O–H groups in total. The summed E-state index contributed by atoms with van der Waals surface area (Å²) in [7, 11) is 6.97. The summed E-state index contributed by atoms with van der Waals surface area (Å²) in [6.07, 6.45) is 12.2. The standard InChI is InChI=1S/3C15H21NO3.C14H18ClNO3.2C13H16ClNO3/c1-12-8-6-7-9-13(12)16(2)14(17)10-4-3-5-11-15(18)19;1-12-8-10-13(11-9-12)16(2)14(17)6-4-3-5-7-15(18)19;1-3-16(13-9-5-4-8-12(13)2)14(17)10-6-7-11-15(18)19;1-16(12-9-7-11(15)8-10-12)13(17)5-3-2-4-6-14(18)19;1-15(11-8-6-10(14)7-9-11)12(16)4-2-3-5-13(17)18;1-2-15(11-8-6-10(14)7-9-11)12(16)4-3-5-13(17)18/h6-9H,3-5,10-11H2,1-2H3,(H,18,19);8-11H,3-7H2,1-2H3,(H,18,19);4-5,8-9H,3,6-7,10-11H2,1-2H3,(H,18,19);7-10H,2-6H2,1H3,(H,18,19);2*6-9H,2-5H2,1H3,(H,17,18). The van der Waals surface area contributed by atoms with Gasteiger partial charge in [0.05, 0.1) is 0 Å². The Kier molecular flexibility index (Phi) is 51.5. The number of carbonyl (C=O) groups excluding carboxylic acids is 6. The molecule has 0 bridgehead atoms. The number of aryl methyl sites for hydroxylation is 3. The summed E-state index contributed by atoms with van der Waals surface area (Å²) in [4.78, 5) is 144. The van der Waals surface area contributed by atoms with Gasteiger partial charge in [-0.3, -0.25) is 57.5 Å². The highest BCUT2D eigenvalue weighted by Gasteiger charge is 2.19. The van der Waals surface area contributed by atoms with Crippen molar-refractivity contribution in [1.82, 2.24) is 0 Å². The third-order valence-electron chi connectivity index (χ3n) is 17.3. The second kappa shape index (κ2) is 57.8. The first-order valence-electron chi connectivity index (χ1n) is 37.6. The summed E-state index contributed by atoms with van der Waals surface area (Å²) in [6.45, 7) is 11.0. The highest BCUT2D eigenvalue weighted by molar-refractivity contribution is 6.31. The minimum atomic E-state index is -0.877. The summed E-state index contributed by atoms with van der Waals surface area (Å²) in [5.41, 5.74) is 8.43. The predicted octanol–water partition coefficient (Wildman–Crippen LogP) is 18.2. The van der Waals surface area contributed by atoms with E-state index in [2.05, 4.69) is 0 Å². The lowest BCUT2D eigenvalue weighted by molar-refractivity contribution is -0.138. The molecule has 0 spiro atoms. The van der Waals surface area contributed by atoms with Gasteiger partial charge in [0.25, 0.3) is 0 Å². The molecule has 6 aromatic carbocycles. The Hall–Kier alpha value is -10.2. The van der Waals surface area contributed by atoms with Crippen LogP contribution in [-0.2, 0) is 57.5 Å². The molecular weight excluding hydrogens is 1500 g/mol. The van der Waals surface area contributed by atoms with Crippen molar-refractivity contribution < 1.29 is 88.2 Å². The first-order valence-corrected chi connectivity index (χ1v) is 38.7. The van der Waals surface area contributed by atoms with Crippen LogP contribution >= 0.6 is 34.8 Å². The summed E-state index contributed by atoms with van der Waals surface area (Å²) in [6, 6.07) is 44.5. The molecule has 0 radical (unpaired) electrons. The second-order valence-electron chi connectivity index (χ2n) is 26.2. The molecular formula is C85H113Cl3N6O18. The van der Waals surface area contributed by atoms with Crippen molar-refractivity contribution in [2.45, 2.75) is 202 Å². The van der Waals surface area contributed by atoms with Crippen molar-refractivity contribution in [3.63, 3.8) is 0 Å². The zero-order valence-corrected chi connectivity index (χ0v) is 68.3. The Morgan fingerprint density at radius 2 is 0.491 bits per heavy atom. The fourth-order valence-corrected chi connectivity index (χ4v) is 11.1. The molecule has 6 rings (SSSR count). The monoisotopic (exact) mass is 1610 g/mol. The van der Waals surface area contributed by atoms with Gasteiger partial charge < -0.3 is 60.0 Å². The van der Waals surface area contributed by atoms with Gasteiger partial charge >= 0.3 is 35.8 Å². The van der Waals surface area contributed by atoms with E-state index in [9.17, 15) is 57.5 Å². The number of carboxylic acid groups (broad SMARTS) is 6. The fourth-order valence-electron chi connectivity index (χ4n) is 10.7. The third-order valence-corrected chi connectivity index (χ3v) is 18.0. The number of benzene rings is 6. The molecule has 0 aromatic heterocycles. The highest BCUT2D eigenvalue weighted by Crippen LogP contribution is 2.25. The second-order valence-corrected chi connectivity index (χ2v) is 27.5. The van der Waals surface area contributed by atoms with Crippen molar-refractivity contribution in [1.29, 1.82) is 0 Å². The normalized spacial score (nSPS) is 10.2. The van der Waals surface area contributed by atoms with Gasteiger partial charge in [-0.15, -0.1) is 0 Å². The van der Waals surface area contributed by atoms with E-state index in [-0.39, 0.29) is 80.4 Å². The van der Waals surface area contributed by atoms with E-state index in [0.717, 1.165) is 77.4 Å². The van der Waals surface area contributed by atoms with Crippen LogP contribution in [-0.4, -0.2) is 143 Å². The Bertz CT molecular complexity index is 3780. The van der Waals surface area contributed by atoms with Gasteiger partial charge in [0.2, 0.25) is 35.4 Å². The first kappa shape index (κ1) is 99.8. The van der Waals surface area contributed by atoms with Gasteiger partial charge in [-0.05, 0) is 213 Å². The van der Waals surface area contributed by atoms with Crippen LogP contribution in [0.2, 0.25) is 15.1 Å². The molecule has 0 atom stereocenters. The lowest BCUT2D eigenvalue weighted by atomic mass is 10.1. The van der Waals surface area contributed by atoms with Gasteiger partial charge in [-0.2, -0.15) is 0 Å². The Morgan fingerprint density at radius 1 is 0.259 bits per heavy atom. The van der Waals surface area contributed by atoms with Crippen molar-refractivity contribution in [2.75, 3.05) is 70.7 Å². The molecule has 6 aromatic rings. The summed E-state index contributed by atoms with van der Waals surface area (Å²) in [5, 5.41) is 53.0. The topological polar surface area (TPSA) is 346 Å². The van der Waals surface area contributed by atoms with Gasteiger partial charge in [0, 0.05) is 168 Å². The molecule has 0 aliphatic heterocycles. The molecule has 0 saturated heterocycles. The molecule has 27 heteroatoms.